The van der Waals surface area contributed by atoms with Gasteiger partial charge in [-0.3, -0.25) is 4.90 Å². The van der Waals surface area contributed by atoms with Crippen LogP contribution in [-0.2, 0) is 0 Å². The Balaban J connectivity index is 1.46. The van der Waals surface area contributed by atoms with Crippen molar-refractivity contribution >= 4 is 5.69 Å². The fourth-order valence-electron chi connectivity index (χ4n) is 3.38. The summed E-state index contributed by atoms with van der Waals surface area (Å²) in [6, 6.07) is 7.64. The number of rotatable bonds is 3. The lowest BCUT2D eigenvalue weighted by molar-refractivity contribution is -0.0101. The second-order valence-electron chi connectivity index (χ2n) is 6.16. The number of aromatic nitrogens is 2. The minimum absolute atomic E-state index is 0.263. The number of hydrogen-bond donors (Lipinski definition) is 1. The lowest BCUT2D eigenvalue weighted by atomic mass is 9.86. The van der Waals surface area contributed by atoms with Crippen LogP contribution in [0.3, 0.4) is 0 Å². The molecule has 0 radical (unpaired) electrons. The maximum absolute atomic E-state index is 6.06. The van der Waals surface area contributed by atoms with Gasteiger partial charge in [-0.25, -0.2) is 9.97 Å². The monoisotopic (exact) mass is 296 g/mol. The summed E-state index contributed by atoms with van der Waals surface area (Å²) in [4.78, 5) is 11.4. The van der Waals surface area contributed by atoms with Crippen molar-refractivity contribution in [1.82, 2.24) is 14.9 Å². The molecule has 0 amide bonds. The quantitative estimate of drug-likeness (QED) is 0.880. The van der Waals surface area contributed by atoms with Gasteiger partial charge in [-0.15, -0.1) is 0 Å². The molecule has 3 aliphatic heterocycles. The molecule has 5 nitrogen and oxygen atoms in total. The van der Waals surface area contributed by atoms with Crippen molar-refractivity contribution in [3.05, 3.63) is 36.7 Å². The molecule has 0 spiro atoms. The molecule has 3 fully saturated rings. The van der Waals surface area contributed by atoms with E-state index in [-0.39, 0.29) is 6.10 Å². The van der Waals surface area contributed by atoms with Crippen LogP contribution in [0.5, 0.6) is 5.88 Å². The van der Waals surface area contributed by atoms with E-state index in [2.05, 4.69) is 14.9 Å². The minimum Gasteiger partial charge on any atom is -0.472 e. The van der Waals surface area contributed by atoms with Crippen molar-refractivity contribution in [3.63, 3.8) is 0 Å². The Hall–Kier alpha value is -2.14. The molecule has 22 heavy (non-hydrogen) atoms. The van der Waals surface area contributed by atoms with Gasteiger partial charge in [0, 0.05) is 17.8 Å². The topological polar surface area (TPSA) is 64.3 Å². The fraction of sp³-hybridized carbons (Fsp3) is 0.412. The third-order valence-corrected chi connectivity index (χ3v) is 4.70. The van der Waals surface area contributed by atoms with Crippen molar-refractivity contribution in [2.45, 2.75) is 18.9 Å². The highest BCUT2D eigenvalue weighted by molar-refractivity contribution is 5.61. The first-order valence-corrected chi connectivity index (χ1v) is 7.85. The van der Waals surface area contributed by atoms with Gasteiger partial charge in [0.2, 0.25) is 5.88 Å². The van der Waals surface area contributed by atoms with E-state index in [1.165, 1.54) is 25.9 Å². The van der Waals surface area contributed by atoms with Gasteiger partial charge in [0.05, 0.1) is 18.1 Å². The largest absolute Gasteiger partial charge is 0.472 e. The number of piperidine rings is 3. The molecule has 4 heterocycles. The zero-order valence-electron chi connectivity index (χ0n) is 12.5. The van der Waals surface area contributed by atoms with Crippen molar-refractivity contribution in [2.24, 2.45) is 5.92 Å². The second-order valence-corrected chi connectivity index (χ2v) is 6.16. The van der Waals surface area contributed by atoms with Crippen molar-refractivity contribution in [1.29, 1.82) is 0 Å². The molecule has 2 bridgehead atoms. The van der Waals surface area contributed by atoms with Gasteiger partial charge in [0.1, 0.15) is 6.10 Å². The Morgan fingerprint density at radius 1 is 1.05 bits per heavy atom. The highest BCUT2D eigenvalue weighted by Gasteiger charge is 2.35. The van der Waals surface area contributed by atoms with Crippen LogP contribution in [0.15, 0.2) is 36.7 Å². The van der Waals surface area contributed by atoms with Gasteiger partial charge in [-0.1, -0.05) is 12.1 Å². The maximum Gasteiger partial charge on any atom is 0.232 e. The predicted octanol–water partition coefficient (Wildman–Crippen LogP) is 2.20. The van der Waals surface area contributed by atoms with Crippen LogP contribution >= 0.6 is 0 Å². The number of nitrogens with zero attached hydrogens (tertiary/aromatic N) is 3. The van der Waals surface area contributed by atoms with Gasteiger partial charge in [0.15, 0.2) is 0 Å². The summed E-state index contributed by atoms with van der Waals surface area (Å²) in [7, 11) is 0. The summed E-state index contributed by atoms with van der Waals surface area (Å²) in [5.74, 6) is 1.29. The average molecular weight is 296 g/mol. The van der Waals surface area contributed by atoms with Crippen LogP contribution in [0.1, 0.15) is 12.8 Å². The van der Waals surface area contributed by atoms with Crippen molar-refractivity contribution < 1.29 is 4.74 Å². The Morgan fingerprint density at radius 2 is 1.82 bits per heavy atom. The van der Waals surface area contributed by atoms with Crippen molar-refractivity contribution in [3.8, 4) is 17.1 Å². The first-order chi connectivity index (χ1) is 10.8. The normalized spacial score (nSPS) is 26.8. The minimum atomic E-state index is 0.263. The van der Waals surface area contributed by atoms with Crippen LogP contribution in [-0.4, -0.2) is 40.6 Å². The highest BCUT2D eigenvalue weighted by Crippen LogP contribution is 2.30. The van der Waals surface area contributed by atoms with E-state index in [0.29, 0.717) is 11.8 Å². The van der Waals surface area contributed by atoms with Gasteiger partial charge < -0.3 is 10.5 Å². The lowest BCUT2D eigenvalue weighted by Crippen LogP contribution is -2.52. The predicted molar refractivity (Wildman–Crippen MR) is 85.5 cm³/mol. The van der Waals surface area contributed by atoms with Gasteiger partial charge in [0.25, 0.3) is 0 Å². The highest BCUT2D eigenvalue weighted by atomic mass is 16.5. The van der Waals surface area contributed by atoms with Crippen LogP contribution in [0, 0.1) is 5.92 Å². The Kier molecular flexibility index (Phi) is 3.42. The van der Waals surface area contributed by atoms with Crippen molar-refractivity contribution in [2.75, 3.05) is 25.4 Å². The molecule has 5 rings (SSSR count). The maximum atomic E-state index is 6.06. The van der Waals surface area contributed by atoms with E-state index in [4.69, 9.17) is 10.5 Å². The van der Waals surface area contributed by atoms with Crippen LogP contribution in [0.25, 0.3) is 11.3 Å². The summed E-state index contributed by atoms with van der Waals surface area (Å²) < 4.78 is 6.06. The first-order valence-electron chi connectivity index (χ1n) is 7.85. The Labute approximate surface area is 130 Å². The van der Waals surface area contributed by atoms with E-state index < -0.39 is 0 Å². The van der Waals surface area contributed by atoms with Crippen LogP contribution in [0.2, 0.25) is 0 Å². The average Bonchev–Trinajstić information content (AvgIpc) is 2.58. The Bertz CT molecular complexity index is 633. The number of nitrogen functional groups attached to an aromatic ring is 1. The molecule has 2 N–H and O–H groups in total. The summed E-state index contributed by atoms with van der Waals surface area (Å²) >= 11 is 0. The molecule has 114 valence electrons. The number of nitrogens with two attached hydrogens (primary N) is 1. The van der Waals surface area contributed by atoms with E-state index in [1.807, 2.05) is 24.3 Å². The number of benzene rings is 1. The van der Waals surface area contributed by atoms with E-state index in [9.17, 15) is 0 Å². The van der Waals surface area contributed by atoms with Gasteiger partial charge in [-0.2, -0.15) is 0 Å². The van der Waals surface area contributed by atoms with Gasteiger partial charge in [-0.05, 0) is 44.0 Å². The number of anilines is 1. The van der Waals surface area contributed by atoms with Crippen LogP contribution < -0.4 is 10.5 Å². The summed E-state index contributed by atoms with van der Waals surface area (Å²) in [6.45, 7) is 3.45. The number of ether oxygens (including phenoxy) is 1. The fourth-order valence-corrected chi connectivity index (χ4v) is 3.38. The molecule has 3 aliphatic rings. The second kappa shape index (κ2) is 5.57. The van der Waals surface area contributed by atoms with E-state index >= 15 is 0 Å². The third-order valence-electron chi connectivity index (χ3n) is 4.70. The summed E-state index contributed by atoms with van der Waals surface area (Å²) in [5, 5.41) is 0. The smallest absolute Gasteiger partial charge is 0.232 e. The number of fused-ring (bicyclic) bond motifs is 3. The lowest BCUT2D eigenvalue weighted by Gasteiger charge is -2.44. The Morgan fingerprint density at radius 3 is 2.41 bits per heavy atom. The molecular weight excluding hydrogens is 276 g/mol. The zero-order valence-corrected chi connectivity index (χ0v) is 12.5. The molecule has 5 heteroatoms. The molecule has 1 aromatic heterocycles. The standard InChI is InChI=1S/C17H20N4O/c18-14-3-1-12(2-4-14)15-9-20-17(10-19-15)22-16-11-21-7-5-13(16)6-8-21/h1-4,9-10,13,16H,5-8,11,18H2. The molecule has 2 aromatic rings. The van der Waals surface area contributed by atoms with E-state index in [0.717, 1.165) is 23.5 Å². The molecule has 0 aliphatic carbocycles. The molecule has 1 aromatic carbocycles. The third kappa shape index (κ3) is 2.64. The SMILES string of the molecule is Nc1ccc(-c2cnc(OC3CN4CCC3CC4)cn2)cc1. The van der Waals surface area contributed by atoms with E-state index in [1.54, 1.807) is 12.4 Å². The molecule has 1 unspecified atom stereocenters. The van der Waals surface area contributed by atoms with Gasteiger partial charge >= 0.3 is 0 Å². The number of hydrogen-bond acceptors (Lipinski definition) is 5. The first kappa shape index (κ1) is 13.5. The zero-order chi connectivity index (χ0) is 14.9. The molecular formula is C17H20N4O. The molecule has 1 atom stereocenters. The molecule has 0 saturated carbocycles. The molecule has 3 saturated heterocycles. The summed E-state index contributed by atoms with van der Waals surface area (Å²) in [6.07, 6.45) is 6.23. The summed E-state index contributed by atoms with van der Waals surface area (Å²) in [5.41, 5.74) is 8.30. The van der Waals surface area contributed by atoms with Crippen LogP contribution in [0.4, 0.5) is 5.69 Å².